The average molecular weight is 301 g/mol. The molecule has 1 aromatic rings. The summed E-state index contributed by atoms with van der Waals surface area (Å²) in [6.07, 6.45) is 4.00. The molecular formula is C18H27N3O. The van der Waals surface area contributed by atoms with E-state index in [9.17, 15) is 4.79 Å². The van der Waals surface area contributed by atoms with Crippen LogP contribution < -0.4 is 5.73 Å². The molecule has 4 heteroatoms. The predicted octanol–water partition coefficient (Wildman–Crippen LogP) is 2.02. The van der Waals surface area contributed by atoms with Gasteiger partial charge in [-0.1, -0.05) is 36.8 Å². The zero-order valence-corrected chi connectivity index (χ0v) is 13.4. The highest BCUT2D eigenvalue weighted by Crippen LogP contribution is 2.31. The van der Waals surface area contributed by atoms with Crippen molar-refractivity contribution in [2.45, 2.75) is 37.8 Å². The van der Waals surface area contributed by atoms with E-state index in [0.717, 1.165) is 45.3 Å². The number of likely N-dealkylation sites (N-methyl/N-ethyl adjacent to an activating group) is 1. The van der Waals surface area contributed by atoms with E-state index in [2.05, 4.69) is 41.1 Å². The molecule has 3 rings (SSSR count). The molecule has 1 amide bonds. The SMILES string of the molecule is CN1CCN(C(=O)C2CCCC(N)C2)C(c2ccccc2)C1. The van der Waals surface area contributed by atoms with Crippen molar-refractivity contribution in [3.05, 3.63) is 35.9 Å². The third kappa shape index (κ3) is 3.33. The molecule has 3 unspecified atom stereocenters. The molecule has 0 bridgehead atoms. The first-order valence-corrected chi connectivity index (χ1v) is 8.44. The van der Waals surface area contributed by atoms with Crippen molar-refractivity contribution in [2.24, 2.45) is 11.7 Å². The van der Waals surface area contributed by atoms with Gasteiger partial charge in [0, 0.05) is 31.6 Å². The van der Waals surface area contributed by atoms with Gasteiger partial charge in [-0.3, -0.25) is 4.79 Å². The molecule has 22 heavy (non-hydrogen) atoms. The molecule has 1 heterocycles. The number of carbonyl (C=O) groups is 1. The quantitative estimate of drug-likeness (QED) is 0.909. The minimum atomic E-state index is 0.123. The second-order valence-electron chi connectivity index (χ2n) is 6.84. The van der Waals surface area contributed by atoms with Gasteiger partial charge in [0.05, 0.1) is 6.04 Å². The summed E-state index contributed by atoms with van der Waals surface area (Å²) >= 11 is 0. The van der Waals surface area contributed by atoms with E-state index in [4.69, 9.17) is 5.73 Å². The first-order valence-electron chi connectivity index (χ1n) is 8.44. The van der Waals surface area contributed by atoms with Gasteiger partial charge >= 0.3 is 0 Å². The summed E-state index contributed by atoms with van der Waals surface area (Å²) in [6.45, 7) is 2.68. The van der Waals surface area contributed by atoms with E-state index in [1.54, 1.807) is 0 Å². The van der Waals surface area contributed by atoms with Gasteiger partial charge in [-0.25, -0.2) is 0 Å². The van der Waals surface area contributed by atoms with Gasteiger partial charge < -0.3 is 15.5 Å². The lowest BCUT2D eigenvalue weighted by molar-refractivity contribution is -0.141. The Morgan fingerprint density at radius 1 is 1.18 bits per heavy atom. The maximum Gasteiger partial charge on any atom is 0.226 e. The number of hydrogen-bond acceptors (Lipinski definition) is 3. The van der Waals surface area contributed by atoms with E-state index < -0.39 is 0 Å². The molecular weight excluding hydrogens is 274 g/mol. The molecule has 0 radical (unpaired) electrons. The summed E-state index contributed by atoms with van der Waals surface area (Å²) in [5, 5.41) is 0. The van der Waals surface area contributed by atoms with Crippen LogP contribution in [0.15, 0.2) is 30.3 Å². The van der Waals surface area contributed by atoms with Gasteiger partial charge in [-0.2, -0.15) is 0 Å². The number of nitrogens with zero attached hydrogens (tertiary/aromatic N) is 2. The number of piperazine rings is 1. The highest BCUT2D eigenvalue weighted by molar-refractivity contribution is 5.79. The topological polar surface area (TPSA) is 49.6 Å². The minimum absolute atomic E-state index is 0.123. The predicted molar refractivity (Wildman–Crippen MR) is 88.3 cm³/mol. The molecule has 1 aliphatic carbocycles. The molecule has 2 N–H and O–H groups in total. The van der Waals surface area contributed by atoms with Gasteiger partial charge in [0.15, 0.2) is 0 Å². The van der Waals surface area contributed by atoms with Crippen molar-refractivity contribution in [1.29, 1.82) is 0 Å². The lowest BCUT2D eigenvalue weighted by Gasteiger charge is -2.42. The van der Waals surface area contributed by atoms with Crippen LogP contribution in [0.5, 0.6) is 0 Å². The zero-order valence-electron chi connectivity index (χ0n) is 13.4. The summed E-state index contributed by atoms with van der Waals surface area (Å²) in [6, 6.07) is 10.8. The molecule has 0 spiro atoms. The largest absolute Gasteiger partial charge is 0.333 e. The van der Waals surface area contributed by atoms with E-state index in [1.807, 2.05) is 6.07 Å². The fourth-order valence-corrected chi connectivity index (χ4v) is 3.83. The van der Waals surface area contributed by atoms with Crippen LogP contribution >= 0.6 is 0 Å². The average Bonchev–Trinajstić information content (AvgIpc) is 2.55. The van der Waals surface area contributed by atoms with Gasteiger partial charge in [0.2, 0.25) is 5.91 Å². The summed E-state index contributed by atoms with van der Waals surface area (Å²) in [5.74, 6) is 0.440. The van der Waals surface area contributed by atoms with Crippen LogP contribution in [0.3, 0.4) is 0 Å². The number of benzene rings is 1. The Kier molecular flexibility index (Phi) is 4.79. The Bertz CT molecular complexity index is 504. The molecule has 1 aromatic carbocycles. The summed E-state index contributed by atoms with van der Waals surface area (Å²) < 4.78 is 0. The second-order valence-corrected chi connectivity index (χ2v) is 6.84. The Morgan fingerprint density at radius 2 is 1.95 bits per heavy atom. The Morgan fingerprint density at radius 3 is 2.68 bits per heavy atom. The molecule has 2 fully saturated rings. The van der Waals surface area contributed by atoms with E-state index >= 15 is 0 Å². The molecule has 3 atom stereocenters. The Balaban J connectivity index is 1.78. The van der Waals surface area contributed by atoms with Crippen LogP contribution in [0.25, 0.3) is 0 Å². The first-order chi connectivity index (χ1) is 10.6. The van der Waals surface area contributed by atoms with Crippen molar-refractivity contribution in [1.82, 2.24) is 9.80 Å². The minimum Gasteiger partial charge on any atom is -0.333 e. The molecule has 1 saturated heterocycles. The second kappa shape index (κ2) is 6.80. The maximum atomic E-state index is 13.0. The van der Waals surface area contributed by atoms with Crippen molar-refractivity contribution in [2.75, 3.05) is 26.7 Å². The van der Waals surface area contributed by atoms with Crippen LogP contribution in [0.4, 0.5) is 0 Å². The highest BCUT2D eigenvalue weighted by atomic mass is 16.2. The Hall–Kier alpha value is -1.39. The fourth-order valence-electron chi connectivity index (χ4n) is 3.83. The molecule has 4 nitrogen and oxygen atoms in total. The molecule has 0 aromatic heterocycles. The summed E-state index contributed by atoms with van der Waals surface area (Å²) in [5.41, 5.74) is 7.32. The highest BCUT2D eigenvalue weighted by Gasteiger charge is 2.35. The standard InChI is InChI=1S/C18H27N3O/c1-20-10-11-21(17(13-20)14-6-3-2-4-7-14)18(22)15-8-5-9-16(19)12-15/h2-4,6-7,15-17H,5,8-13,19H2,1H3. The Labute approximate surface area is 133 Å². The third-order valence-electron chi connectivity index (χ3n) is 5.11. The summed E-state index contributed by atoms with van der Waals surface area (Å²) in [4.78, 5) is 17.5. The van der Waals surface area contributed by atoms with Crippen molar-refractivity contribution in [3.8, 4) is 0 Å². The van der Waals surface area contributed by atoms with Gasteiger partial charge in [0.25, 0.3) is 0 Å². The molecule has 120 valence electrons. The number of hydrogen-bond donors (Lipinski definition) is 1. The molecule has 2 aliphatic rings. The molecule has 1 saturated carbocycles. The monoisotopic (exact) mass is 301 g/mol. The van der Waals surface area contributed by atoms with Crippen molar-refractivity contribution in [3.63, 3.8) is 0 Å². The number of amides is 1. The van der Waals surface area contributed by atoms with Crippen LogP contribution in [0, 0.1) is 5.92 Å². The van der Waals surface area contributed by atoms with E-state index in [0.29, 0.717) is 5.91 Å². The van der Waals surface area contributed by atoms with Crippen LogP contribution in [-0.2, 0) is 4.79 Å². The number of carbonyl (C=O) groups excluding carboxylic acids is 1. The lowest BCUT2D eigenvalue weighted by atomic mass is 9.84. The van der Waals surface area contributed by atoms with Gasteiger partial charge in [-0.15, -0.1) is 0 Å². The van der Waals surface area contributed by atoms with Crippen molar-refractivity contribution >= 4 is 5.91 Å². The first kappa shape index (κ1) is 15.5. The zero-order chi connectivity index (χ0) is 15.5. The van der Waals surface area contributed by atoms with Crippen LogP contribution in [-0.4, -0.2) is 48.4 Å². The van der Waals surface area contributed by atoms with Crippen LogP contribution in [0.1, 0.15) is 37.3 Å². The van der Waals surface area contributed by atoms with E-state index in [-0.39, 0.29) is 18.0 Å². The van der Waals surface area contributed by atoms with Gasteiger partial charge in [0.1, 0.15) is 0 Å². The van der Waals surface area contributed by atoms with Crippen molar-refractivity contribution < 1.29 is 4.79 Å². The number of rotatable bonds is 2. The fraction of sp³-hybridized carbons (Fsp3) is 0.611. The summed E-state index contributed by atoms with van der Waals surface area (Å²) in [7, 11) is 2.13. The smallest absolute Gasteiger partial charge is 0.226 e. The third-order valence-corrected chi connectivity index (χ3v) is 5.11. The normalized spacial score (nSPS) is 30.3. The lowest BCUT2D eigenvalue weighted by Crippen LogP contribution is -2.51. The van der Waals surface area contributed by atoms with Crippen LogP contribution in [0.2, 0.25) is 0 Å². The number of nitrogens with two attached hydrogens (primary N) is 1. The molecule has 1 aliphatic heterocycles. The van der Waals surface area contributed by atoms with Gasteiger partial charge in [-0.05, 0) is 31.9 Å². The maximum absolute atomic E-state index is 13.0. The van der Waals surface area contributed by atoms with E-state index in [1.165, 1.54) is 5.56 Å².